The summed E-state index contributed by atoms with van der Waals surface area (Å²) in [5.74, 6) is -1.26. The molecule has 0 aromatic carbocycles. The molecule has 0 bridgehead atoms. The topological polar surface area (TPSA) is 102 Å². The fraction of sp³-hybridized carbons (Fsp3) is 0.143. The lowest BCUT2D eigenvalue weighted by molar-refractivity contribution is -0.389. The van der Waals surface area contributed by atoms with Gasteiger partial charge in [-0.1, -0.05) is 0 Å². The number of aromatic amines is 1. The lowest BCUT2D eigenvalue weighted by Crippen LogP contribution is -2.21. The first-order valence-corrected chi connectivity index (χ1v) is 3.87. The SMILES string of the molecule is O=Cc1c([N+](=O)[O-])c(OC(F)(F)F)c[nH]c1=O. The van der Waals surface area contributed by atoms with Crippen LogP contribution in [0.2, 0.25) is 0 Å². The predicted molar refractivity (Wildman–Crippen MR) is 45.8 cm³/mol. The summed E-state index contributed by atoms with van der Waals surface area (Å²) < 4.78 is 39.0. The Kier molecular flexibility index (Phi) is 3.16. The monoisotopic (exact) mass is 252 g/mol. The van der Waals surface area contributed by atoms with Crippen molar-refractivity contribution in [1.29, 1.82) is 0 Å². The molecule has 17 heavy (non-hydrogen) atoms. The van der Waals surface area contributed by atoms with E-state index in [2.05, 4.69) is 4.74 Å². The van der Waals surface area contributed by atoms with Crippen LogP contribution in [0.4, 0.5) is 18.9 Å². The van der Waals surface area contributed by atoms with Crippen molar-refractivity contribution in [1.82, 2.24) is 4.98 Å². The molecule has 92 valence electrons. The number of hydrogen-bond acceptors (Lipinski definition) is 5. The fourth-order valence-corrected chi connectivity index (χ4v) is 1.02. The molecular formula is C7H3F3N2O5. The van der Waals surface area contributed by atoms with E-state index >= 15 is 0 Å². The number of carbonyl (C=O) groups excluding carboxylic acids is 1. The van der Waals surface area contributed by atoms with Gasteiger partial charge in [0.25, 0.3) is 5.56 Å². The third-order valence-corrected chi connectivity index (χ3v) is 1.59. The van der Waals surface area contributed by atoms with Gasteiger partial charge in [-0.15, -0.1) is 13.2 Å². The highest BCUT2D eigenvalue weighted by atomic mass is 19.4. The number of rotatable bonds is 3. The van der Waals surface area contributed by atoms with Crippen molar-refractivity contribution in [3.63, 3.8) is 0 Å². The molecule has 0 atom stereocenters. The maximum Gasteiger partial charge on any atom is 0.573 e. The molecule has 0 fully saturated rings. The van der Waals surface area contributed by atoms with Gasteiger partial charge in [0.1, 0.15) is 0 Å². The van der Waals surface area contributed by atoms with E-state index in [1.165, 1.54) is 0 Å². The Balaban J connectivity index is 3.46. The zero-order valence-corrected chi connectivity index (χ0v) is 7.78. The predicted octanol–water partition coefficient (Wildman–Crippen LogP) is 0.994. The molecule has 0 saturated heterocycles. The minimum Gasteiger partial charge on any atom is -0.397 e. The zero-order valence-electron chi connectivity index (χ0n) is 7.78. The summed E-state index contributed by atoms with van der Waals surface area (Å²) in [6.45, 7) is 0. The molecule has 10 heteroatoms. The first-order valence-electron chi connectivity index (χ1n) is 3.87. The smallest absolute Gasteiger partial charge is 0.397 e. The molecule has 1 N–H and O–H groups in total. The van der Waals surface area contributed by atoms with Gasteiger partial charge >= 0.3 is 12.0 Å². The third-order valence-electron chi connectivity index (χ3n) is 1.59. The van der Waals surface area contributed by atoms with Gasteiger partial charge in [0.2, 0.25) is 5.75 Å². The summed E-state index contributed by atoms with van der Waals surface area (Å²) in [6.07, 6.45) is -5.04. The van der Waals surface area contributed by atoms with Crippen molar-refractivity contribution in [3.8, 4) is 5.75 Å². The van der Waals surface area contributed by atoms with Crippen LogP contribution >= 0.6 is 0 Å². The van der Waals surface area contributed by atoms with E-state index in [0.29, 0.717) is 6.20 Å². The largest absolute Gasteiger partial charge is 0.573 e. The van der Waals surface area contributed by atoms with Crippen molar-refractivity contribution in [2.24, 2.45) is 0 Å². The first-order chi connectivity index (χ1) is 7.76. The second-order valence-electron chi connectivity index (χ2n) is 2.67. The molecule has 0 saturated carbocycles. The molecule has 1 heterocycles. The normalized spacial score (nSPS) is 11.0. The molecule has 0 radical (unpaired) electrons. The molecule has 0 spiro atoms. The molecule has 1 aromatic rings. The number of aromatic nitrogens is 1. The van der Waals surface area contributed by atoms with Crippen molar-refractivity contribution >= 4 is 12.0 Å². The van der Waals surface area contributed by atoms with Gasteiger partial charge in [-0.2, -0.15) is 0 Å². The number of ether oxygens (including phenoxy) is 1. The van der Waals surface area contributed by atoms with Gasteiger partial charge in [-0.05, 0) is 0 Å². The minimum absolute atomic E-state index is 0.222. The molecule has 0 aliphatic heterocycles. The van der Waals surface area contributed by atoms with E-state index in [9.17, 15) is 32.9 Å². The summed E-state index contributed by atoms with van der Waals surface area (Å²) in [5.41, 5.74) is -3.56. The number of H-pyrrole nitrogens is 1. The lowest BCUT2D eigenvalue weighted by Gasteiger charge is -2.08. The summed E-state index contributed by atoms with van der Waals surface area (Å²) in [7, 11) is 0. The number of hydrogen-bond donors (Lipinski definition) is 1. The molecule has 0 amide bonds. The molecule has 1 aromatic heterocycles. The van der Waals surface area contributed by atoms with Gasteiger partial charge in [-0.3, -0.25) is 19.7 Å². The van der Waals surface area contributed by atoms with Gasteiger partial charge in [0.05, 0.1) is 11.1 Å². The number of nitrogens with zero attached hydrogens (tertiary/aromatic N) is 1. The van der Waals surface area contributed by atoms with E-state index in [1.54, 1.807) is 4.98 Å². The van der Waals surface area contributed by atoms with Crippen LogP contribution in [-0.4, -0.2) is 22.6 Å². The second kappa shape index (κ2) is 4.23. The average Bonchev–Trinajstić information content (AvgIpc) is 2.17. The molecule has 0 aliphatic rings. The van der Waals surface area contributed by atoms with Crippen LogP contribution in [0.1, 0.15) is 10.4 Å². The Morgan fingerprint density at radius 3 is 2.47 bits per heavy atom. The van der Waals surface area contributed by atoms with Crippen LogP contribution in [0.15, 0.2) is 11.0 Å². The Bertz CT molecular complexity index is 521. The second-order valence-corrected chi connectivity index (χ2v) is 2.67. The number of halogens is 3. The number of carbonyl (C=O) groups is 1. The number of pyridine rings is 1. The van der Waals surface area contributed by atoms with Crippen LogP contribution < -0.4 is 10.3 Å². The van der Waals surface area contributed by atoms with Gasteiger partial charge in [0.15, 0.2) is 11.8 Å². The zero-order chi connectivity index (χ0) is 13.2. The maximum atomic E-state index is 11.9. The molecule has 0 aliphatic carbocycles. The Morgan fingerprint density at radius 1 is 1.47 bits per heavy atom. The highest BCUT2D eigenvalue weighted by Crippen LogP contribution is 2.31. The van der Waals surface area contributed by atoms with Crippen LogP contribution in [0.3, 0.4) is 0 Å². The van der Waals surface area contributed by atoms with Crippen LogP contribution in [0.5, 0.6) is 5.75 Å². The fourth-order valence-electron chi connectivity index (χ4n) is 1.02. The van der Waals surface area contributed by atoms with Crippen LogP contribution in [-0.2, 0) is 0 Å². The Morgan fingerprint density at radius 2 is 2.06 bits per heavy atom. The standard InChI is InChI=1S/C7H3F3N2O5/c8-7(9,10)17-4-1-11-6(14)3(2-13)5(4)12(15)16/h1-2H,(H,11,14). The van der Waals surface area contributed by atoms with Crippen molar-refractivity contribution in [2.45, 2.75) is 6.36 Å². The quantitative estimate of drug-likeness (QED) is 0.491. The highest BCUT2D eigenvalue weighted by molar-refractivity contribution is 5.82. The van der Waals surface area contributed by atoms with E-state index in [1.807, 2.05) is 0 Å². The minimum atomic E-state index is -5.18. The van der Waals surface area contributed by atoms with Crippen molar-refractivity contribution in [2.75, 3.05) is 0 Å². The van der Waals surface area contributed by atoms with E-state index < -0.39 is 33.8 Å². The Labute approximate surface area is 90.0 Å². The van der Waals surface area contributed by atoms with E-state index in [4.69, 9.17) is 0 Å². The number of alkyl halides is 3. The van der Waals surface area contributed by atoms with E-state index in [-0.39, 0.29) is 6.29 Å². The van der Waals surface area contributed by atoms with Gasteiger partial charge < -0.3 is 9.72 Å². The third kappa shape index (κ3) is 2.80. The number of aldehydes is 1. The molecule has 1 rings (SSSR count). The number of nitrogens with one attached hydrogen (secondary N) is 1. The lowest BCUT2D eigenvalue weighted by atomic mass is 10.2. The van der Waals surface area contributed by atoms with E-state index in [0.717, 1.165) is 0 Å². The summed E-state index contributed by atoms with van der Waals surface area (Å²) >= 11 is 0. The van der Waals surface area contributed by atoms with Crippen LogP contribution in [0.25, 0.3) is 0 Å². The molecular weight excluding hydrogens is 249 g/mol. The maximum absolute atomic E-state index is 11.9. The first kappa shape index (κ1) is 12.7. The van der Waals surface area contributed by atoms with Crippen molar-refractivity contribution < 1.29 is 27.6 Å². The van der Waals surface area contributed by atoms with Crippen molar-refractivity contribution in [3.05, 3.63) is 32.2 Å². The van der Waals surface area contributed by atoms with Crippen LogP contribution in [0, 0.1) is 10.1 Å². The summed E-state index contributed by atoms with van der Waals surface area (Å²) in [4.78, 5) is 32.3. The van der Waals surface area contributed by atoms with Gasteiger partial charge in [-0.25, -0.2) is 0 Å². The highest BCUT2D eigenvalue weighted by Gasteiger charge is 2.36. The summed E-state index contributed by atoms with van der Waals surface area (Å²) in [5, 5.41) is 10.5. The molecule has 0 unspecified atom stereocenters. The average molecular weight is 252 g/mol. The molecule has 7 nitrogen and oxygen atoms in total. The Hall–Kier alpha value is -2.39. The summed E-state index contributed by atoms with van der Waals surface area (Å²) in [6, 6.07) is 0. The van der Waals surface area contributed by atoms with Gasteiger partial charge in [0, 0.05) is 0 Å². The number of nitro groups is 1.